The highest BCUT2D eigenvalue weighted by Gasteiger charge is 2.25. The van der Waals surface area contributed by atoms with Crippen LogP contribution in [0.5, 0.6) is 0 Å². The fraction of sp³-hybridized carbons (Fsp3) is 0.500. The number of hydrogen-bond donors (Lipinski definition) is 0. The number of nitrogens with zero attached hydrogens (tertiary/aromatic N) is 2. The van der Waals surface area contributed by atoms with Gasteiger partial charge in [0.1, 0.15) is 5.82 Å². The Balaban J connectivity index is 2.19. The summed E-state index contributed by atoms with van der Waals surface area (Å²) >= 11 is 0. The number of nitro groups is 1. The van der Waals surface area contributed by atoms with Crippen molar-refractivity contribution in [3.8, 4) is 0 Å². The number of amides is 1. The van der Waals surface area contributed by atoms with Crippen molar-refractivity contribution >= 4 is 11.6 Å². The molecule has 1 amide bonds. The minimum atomic E-state index is -0.744. The van der Waals surface area contributed by atoms with Crippen LogP contribution in [0.4, 0.5) is 10.1 Å². The van der Waals surface area contributed by atoms with Crippen molar-refractivity contribution in [3.63, 3.8) is 0 Å². The molecule has 0 aliphatic carbocycles. The van der Waals surface area contributed by atoms with Gasteiger partial charge in [-0.1, -0.05) is 0 Å². The van der Waals surface area contributed by atoms with E-state index < -0.39 is 16.6 Å². The maximum atomic E-state index is 13.8. The smallest absolute Gasteiger partial charge is 0.270 e. The Labute approximate surface area is 121 Å². The first-order valence-corrected chi connectivity index (χ1v) is 6.84. The Morgan fingerprint density at radius 3 is 2.90 bits per heavy atom. The van der Waals surface area contributed by atoms with E-state index >= 15 is 0 Å². The molecule has 0 radical (unpaired) electrons. The quantitative estimate of drug-likeness (QED) is 0.617. The molecule has 6 nitrogen and oxygen atoms in total. The number of nitro benzene ring substituents is 1. The van der Waals surface area contributed by atoms with Gasteiger partial charge in [-0.25, -0.2) is 4.39 Å². The molecule has 1 unspecified atom stereocenters. The van der Waals surface area contributed by atoms with Gasteiger partial charge in [0.2, 0.25) is 0 Å². The van der Waals surface area contributed by atoms with E-state index in [0.717, 1.165) is 24.6 Å². The van der Waals surface area contributed by atoms with Crippen molar-refractivity contribution in [1.29, 1.82) is 0 Å². The Bertz CT molecular complexity index is 544. The maximum Gasteiger partial charge on any atom is 0.270 e. The molecule has 1 aromatic carbocycles. The first kappa shape index (κ1) is 15.4. The summed E-state index contributed by atoms with van der Waals surface area (Å²) in [6.45, 7) is 3.93. The Morgan fingerprint density at radius 2 is 2.33 bits per heavy atom. The average molecular weight is 296 g/mol. The number of hydrogen-bond acceptors (Lipinski definition) is 4. The fourth-order valence-corrected chi connectivity index (χ4v) is 2.36. The lowest BCUT2D eigenvalue weighted by molar-refractivity contribution is -0.384. The second kappa shape index (κ2) is 6.62. The molecule has 21 heavy (non-hydrogen) atoms. The van der Waals surface area contributed by atoms with Crippen LogP contribution in [0.2, 0.25) is 0 Å². The summed E-state index contributed by atoms with van der Waals surface area (Å²) in [5.74, 6) is -1.03. The average Bonchev–Trinajstić information content (AvgIpc) is 2.97. The molecule has 1 fully saturated rings. The van der Waals surface area contributed by atoms with Gasteiger partial charge in [-0.15, -0.1) is 0 Å². The largest absolute Gasteiger partial charge is 0.381 e. The molecule has 2 rings (SSSR count). The van der Waals surface area contributed by atoms with Gasteiger partial charge in [-0.2, -0.15) is 0 Å². The summed E-state index contributed by atoms with van der Waals surface area (Å²) < 4.78 is 19.1. The number of halogens is 1. The minimum Gasteiger partial charge on any atom is -0.381 e. The number of benzene rings is 1. The second-order valence-corrected chi connectivity index (χ2v) is 4.99. The monoisotopic (exact) mass is 296 g/mol. The summed E-state index contributed by atoms with van der Waals surface area (Å²) in [7, 11) is 0. The zero-order valence-electron chi connectivity index (χ0n) is 11.8. The van der Waals surface area contributed by atoms with Crippen molar-refractivity contribution in [2.75, 3.05) is 26.3 Å². The van der Waals surface area contributed by atoms with Crippen LogP contribution in [0.15, 0.2) is 18.2 Å². The Hall–Kier alpha value is -2.02. The molecule has 1 aliphatic rings. The van der Waals surface area contributed by atoms with Crippen LogP contribution in [0.1, 0.15) is 23.7 Å². The van der Waals surface area contributed by atoms with E-state index in [1.807, 2.05) is 0 Å². The summed E-state index contributed by atoms with van der Waals surface area (Å²) in [5, 5.41) is 10.7. The lowest BCUT2D eigenvalue weighted by Gasteiger charge is -2.23. The Kier molecular flexibility index (Phi) is 4.85. The standard InChI is InChI=1S/C14H17FN2O4/c1-2-16(8-10-5-6-21-9-10)14(18)12-7-11(17(19)20)3-4-13(12)15/h3-4,7,10H,2,5-6,8-9H2,1H3. The van der Waals surface area contributed by atoms with Gasteiger partial charge in [-0.3, -0.25) is 14.9 Å². The van der Waals surface area contributed by atoms with E-state index in [2.05, 4.69) is 0 Å². The summed E-state index contributed by atoms with van der Waals surface area (Å²) in [5.41, 5.74) is -0.551. The molecule has 1 saturated heterocycles. The fourth-order valence-electron chi connectivity index (χ4n) is 2.36. The molecule has 0 aromatic heterocycles. The first-order valence-electron chi connectivity index (χ1n) is 6.84. The van der Waals surface area contributed by atoms with Crippen molar-refractivity contribution in [3.05, 3.63) is 39.7 Å². The van der Waals surface area contributed by atoms with E-state index in [4.69, 9.17) is 4.74 Å². The molecule has 0 N–H and O–H groups in total. The van der Waals surface area contributed by atoms with E-state index in [1.54, 1.807) is 6.92 Å². The first-order chi connectivity index (χ1) is 10.0. The summed E-state index contributed by atoms with van der Waals surface area (Å²) in [6.07, 6.45) is 0.862. The molecule has 0 bridgehead atoms. The van der Waals surface area contributed by atoms with Crippen molar-refractivity contribution in [1.82, 2.24) is 4.90 Å². The maximum absolute atomic E-state index is 13.8. The topological polar surface area (TPSA) is 72.7 Å². The molecule has 1 aromatic rings. The number of non-ortho nitro benzene ring substituents is 1. The zero-order valence-corrected chi connectivity index (χ0v) is 11.8. The highest BCUT2D eigenvalue weighted by Crippen LogP contribution is 2.20. The van der Waals surface area contributed by atoms with Gasteiger partial charge < -0.3 is 9.64 Å². The lowest BCUT2D eigenvalue weighted by Crippen LogP contribution is -2.36. The third-order valence-corrected chi connectivity index (χ3v) is 3.56. The van der Waals surface area contributed by atoms with Crippen LogP contribution in [0, 0.1) is 21.8 Å². The van der Waals surface area contributed by atoms with Crippen molar-refractivity contribution in [2.24, 2.45) is 5.92 Å². The van der Waals surface area contributed by atoms with Crippen LogP contribution >= 0.6 is 0 Å². The lowest BCUT2D eigenvalue weighted by atomic mass is 10.1. The van der Waals surface area contributed by atoms with Gasteiger partial charge >= 0.3 is 0 Å². The van der Waals surface area contributed by atoms with Crippen LogP contribution < -0.4 is 0 Å². The molecule has 1 heterocycles. The normalized spacial score (nSPS) is 17.7. The van der Waals surface area contributed by atoms with Crippen LogP contribution in [0.3, 0.4) is 0 Å². The second-order valence-electron chi connectivity index (χ2n) is 4.99. The van der Waals surface area contributed by atoms with E-state index in [0.29, 0.717) is 26.3 Å². The summed E-state index contributed by atoms with van der Waals surface area (Å²) in [4.78, 5) is 24.0. The van der Waals surface area contributed by atoms with E-state index in [-0.39, 0.29) is 17.2 Å². The van der Waals surface area contributed by atoms with Crippen LogP contribution in [-0.4, -0.2) is 42.0 Å². The summed E-state index contributed by atoms with van der Waals surface area (Å²) in [6, 6.07) is 3.00. The highest BCUT2D eigenvalue weighted by molar-refractivity contribution is 5.95. The molecule has 1 aliphatic heterocycles. The molecule has 7 heteroatoms. The van der Waals surface area contributed by atoms with Gasteiger partial charge in [0.05, 0.1) is 17.1 Å². The number of ether oxygens (including phenoxy) is 1. The third-order valence-electron chi connectivity index (χ3n) is 3.56. The molecule has 0 saturated carbocycles. The minimum absolute atomic E-state index is 0.232. The highest BCUT2D eigenvalue weighted by atomic mass is 19.1. The van der Waals surface area contributed by atoms with Crippen molar-refractivity contribution in [2.45, 2.75) is 13.3 Å². The molecule has 0 spiro atoms. The number of carbonyl (C=O) groups is 1. The van der Waals surface area contributed by atoms with Gasteiger partial charge in [0.15, 0.2) is 0 Å². The zero-order chi connectivity index (χ0) is 15.4. The predicted molar refractivity (Wildman–Crippen MR) is 73.6 cm³/mol. The third kappa shape index (κ3) is 3.55. The number of carbonyl (C=O) groups excluding carboxylic acids is 1. The van der Waals surface area contributed by atoms with Gasteiger partial charge in [0, 0.05) is 37.7 Å². The van der Waals surface area contributed by atoms with E-state index in [1.165, 1.54) is 4.90 Å². The van der Waals surface area contributed by atoms with Gasteiger partial charge in [-0.05, 0) is 19.4 Å². The molecule has 1 atom stereocenters. The van der Waals surface area contributed by atoms with Crippen LogP contribution in [0.25, 0.3) is 0 Å². The molecular formula is C14H17FN2O4. The SMILES string of the molecule is CCN(CC1CCOC1)C(=O)c1cc([N+](=O)[O-])ccc1F. The predicted octanol–water partition coefficient (Wildman–Crippen LogP) is 2.23. The molecule has 114 valence electrons. The van der Waals surface area contributed by atoms with Crippen molar-refractivity contribution < 1.29 is 18.8 Å². The van der Waals surface area contributed by atoms with Gasteiger partial charge in [0.25, 0.3) is 11.6 Å². The van der Waals surface area contributed by atoms with Crippen LogP contribution in [-0.2, 0) is 4.74 Å². The molecular weight excluding hydrogens is 279 g/mol. The Morgan fingerprint density at radius 1 is 1.57 bits per heavy atom. The number of rotatable bonds is 5. The van der Waals surface area contributed by atoms with E-state index in [9.17, 15) is 19.3 Å².